The van der Waals surface area contributed by atoms with Gasteiger partial charge < -0.3 is 14.3 Å². The molecule has 0 radical (unpaired) electrons. The van der Waals surface area contributed by atoms with Gasteiger partial charge in [0.2, 0.25) is 0 Å². The number of hydrogen-bond donors (Lipinski definition) is 0. The molecule has 0 amide bonds. The number of carbonyl (C=O) groups excluding carboxylic acids is 2. The summed E-state index contributed by atoms with van der Waals surface area (Å²) in [7, 11) is 1.59. The Bertz CT molecular complexity index is 639. The first-order valence-electron chi connectivity index (χ1n) is 6.98. The molecule has 0 bridgehead atoms. The Morgan fingerprint density at radius 3 is 1.84 bits per heavy atom. The van der Waals surface area contributed by atoms with Crippen LogP contribution in [-0.4, -0.2) is 18.9 Å². The molecular weight excluding hydrogens is 546 g/mol. The van der Waals surface area contributed by atoms with Gasteiger partial charge in [-0.05, 0) is 45.0 Å². The van der Waals surface area contributed by atoms with Crippen LogP contribution in [0.3, 0.4) is 0 Å². The summed E-state index contributed by atoms with van der Waals surface area (Å²) < 4.78 is 10.5. The molecule has 25 heavy (non-hydrogen) atoms. The van der Waals surface area contributed by atoms with E-state index in [1.165, 1.54) is 13.8 Å². The minimum absolute atomic E-state index is 0. The normalized spacial score (nSPS) is 8.40. The maximum Gasteiger partial charge on any atom is 0.343 e. The molecule has 0 aliphatic carbocycles. The van der Waals surface area contributed by atoms with Crippen molar-refractivity contribution in [2.24, 2.45) is 0 Å². The highest BCUT2D eigenvalue weighted by molar-refractivity contribution is 15.0. The van der Waals surface area contributed by atoms with Crippen molar-refractivity contribution < 1.29 is 19.1 Å². The SMILES string of the molecule is C.CC(C)=O.COc1cccc(OC(=O)c2ccccc2)c1C.II. The molecule has 0 aliphatic rings. The van der Waals surface area contributed by atoms with Crippen LogP contribution in [0.5, 0.6) is 11.5 Å². The lowest BCUT2D eigenvalue weighted by atomic mass is 10.2. The molecule has 0 fully saturated rings. The Hall–Kier alpha value is -1.16. The smallest absolute Gasteiger partial charge is 0.343 e. The van der Waals surface area contributed by atoms with Crippen molar-refractivity contribution in [1.82, 2.24) is 0 Å². The average molecular weight is 570 g/mol. The van der Waals surface area contributed by atoms with Crippen LogP contribution in [0.4, 0.5) is 0 Å². The molecule has 2 rings (SSSR count). The second kappa shape index (κ2) is 15.1. The Balaban J connectivity index is 0. The van der Waals surface area contributed by atoms with Crippen molar-refractivity contribution in [1.29, 1.82) is 0 Å². The molecule has 0 N–H and O–H groups in total. The number of halogens is 2. The van der Waals surface area contributed by atoms with Gasteiger partial charge in [0, 0.05) is 42.8 Å². The van der Waals surface area contributed by atoms with Gasteiger partial charge >= 0.3 is 5.97 Å². The number of ether oxygens (including phenoxy) is 2. The van der Waals surface area contributed by atoms with E-state index < -0.39 is 0 Å². The number of carbonyl (C=O) groups is 2. The zero-order valence-corrected chi connectivity index (χ0v) is 18.3. The molecule has 0 unspecified atom stereocenters. The van der Waals surface area contributed by atoms with E-state index in [4.69, 9.17) is 9.47 Å². The predicted octanol–water partition coefficient (Wildman–Crippen LogP) is 6.23. The maximum atomic E-state index is 11.9. The van der Waals surface area contributed by atoms with Gasteiger partial charge in [-0.3, -0.25) is 0 Å². The Kier molecular flexibility index (Phi) is 15.8. The molecule has 2 aromatic carbocycles. The second-order valence-electron chi connectivity index (χ2n) is 4.75. The molecule has 4 nitrogen and oxygen atoms in total. The summed E-state index contributed by atoms with van der Waals surface area (Å²) in [6.07, 6.45) is 0. The summed E-state index contributed by atoms with van der Waals surface area (Å²) in [5.74, 6) is 1.02. The molecule has 6 heteroatoms. The fourth-order valence-corrected chi connectivity index (χ4v) is 1.66. The molecule has 0 saturated heterocycles. The molecule has 0 atom stereocenters. The van der Waals surface area contributed by atoms with E-state index in [2.05, 4.69) is 37.2 Å². The van der Waals surface area contributed by atoms with Gasteiger partial charge in [-0.25, -0.2) is 4.79 Å². The van der Waals surface area contributed by atoms with Crippen molar-refractivity contribution in [3.63, 3.8) is 0 Å². The Labute approximate surface area is 173 Å². The summed E-state index contributed by atoms with van der Waals surface area (Å²) in [5.41, 5.74) is 1.34. The lowest BCUT2D eigenvalue weighted by molar-refractivity contribution is -0.115. The van der Waals surface area contributed by atoms with E-state index in [-0.39, 0.29) is 19.2 Å². The van der Waals surface area contributed by atoms with Crippen LogP contribution in [0, 0.1) is 6.92 Å². The summed E-state index contributed by atoms with van der Waals surface area (Å²) in [6, 6.07) is 14.3. The average Bonchev–Trinajstić information content (AvgIpc) is 2.59. The molecule has 0 spiro atoms. The molecular formula is C19H24I2O4. The lowest BCUT2D eigenvalue weighted by Gasteiger charge is -2.10. The standard InChI is InChI=1S/C15H14O3.C3H6O.CH4.I2/c1-11-13(17-2)9-6-10-14(11)18-15(16)12-7-4-3-5-8-12;1-3(2)4;;1-2/h3-10H,1-2H3;1-2H3;1H4;. The van der Waals surface area contributed by atoms with Crippen molar-refractivity contribution in [2.45, 2.75) is 28.2 Å². The Morgan fingerprint density at radius 1 is 0.880 bits per heavy atom. The van der Waals surface area contributed by atoms with Gasteiger partial charge in [-0.15, -0.1) is 0 Å². The zero-order valence-electron chi connectivity index (χ0n) is 14.0. The third kappa shape index (κ3) is 10.4. The number of rotatable bonds is 3. The van der Waals surface area contributed by atoms with E-state index in [1.54, 1.807) is 43.5 Å². The number of ketones is 1. The highest BCUT2D eigenvalue weighted by atomic mass is 128. The highest BCUT2D eigenvalue weighted by Crippen LogP contribution is 2.27. The van der Waals surface area contributed by atoms with Gasteiger partial charge in [0.15, 0.2) is 0 Å². The number of methoxy groups -OCH3 is 1. The summed E-state index contributed by atoms with van der Waals surface area (Å²) >= 11 is 4.24. The van der Waals surface area contributed by atoms with Gasteiger partial charge in [0.25, 0.3) is 0 Å². The van der Waals surface area contributed by atoms with Crippen LogP contribution >= 0.6 is 37.2 Å². The van der Waals surface area contributed by atoms with Crippen molar-refractivity contribution >= 4 is 49.0 Å². The maximum absolute atomic E-state index is 11.9. The number of hydrogen-bond acceptors (Lipinski definition) is 4. The van der Waals surface area contributed by atoms with E-state index in [9.17, 15) is 9.59 Å². The Morgan fingerprint density at radius 2 is 1.36 bits per heavy atom. The van der Waals surface area contributed by atoms with Crippen LogP contribution in [0.1, 0.15) is 37.2 Å². The summed E-state index contributed by atoms with van der Waals surface area (Å²) in [4.78, 5) is 21.3. The van der Waals surface area contributed by atoms with Crippen molar-refractivity contribution in [3.05, 3.63) is 59.7 Å². The van der Waals surface area contributed by atoms with E-state index in [0.717, 1.165) is 5.56 Å². The molecule has 0 saturated carbocycles. The number of Topliss-reactive ketones (excluding diaryl/α,β-unsaturated/α-hetero) is 1. The molecule has 138 valence electrons. The van der Waals surface area contributed by atoms with Crippen LogP contribution in [-0.2, 0) is 4.79 Å². The van der Waals surface area contributed by atoms with Gasteiger partial charge in [0.1, 0.15) is 17.3 Å². The zero-order chi connectivity index (χ0) is 18.5. The largest absolute Gasteiger partial charge is 0.496 e. The van der Waals surface area contributed by atoms with Crippen LogP contribution in [0.2, 0.25) is 0 Å². The second-order valence-corrected chi connectivity index (χ2v) is 4.75. The first-order chi connectivity index (χ1) is 11.5. The molecule has 0 aliphatic heterocycles. The van der Waals surface area contributed by atoms with E-state index >= 15 is 0 Å². The van der Waals surface area contributed by atoms with Crippen molar-refractivity contribution in [3.8, 4) is 11.5 Å². The molecule has 2 aromatic rings. The van der Waals surface area contributed by atoms with Gasteiger partial charge in [0.05, 0.1) is 12.7 Å². The first kappa shape index (κ1) is 26.1. The topological polar surface area (TPSA) is 52.6 Å². The minimum Gasteiger partial charge on any atom is -0.496 e. The third-order valence-electron chi connectivity index (χ3n) is 2.67. The highest BCUT2D eigenvalue weighted by Gasteiger charge is 2.11. The minimum atomic E-state index is -0.369. The monoisotopic (exact) mass is 570 g/mol. The van der Waals surface area contributed by atoms with Crippen molar-refractivity contribution in [2.75, 3.05) is 7.11 Å². The lowest BCUT2D eigenvalue weighted by Crippen LogP contribution is -2.09. The fourth-order valence-electron chi connectivity index (χ4n) is 1.66. The van der Waals surface area contributed by atoms with E-state index in [0.29, 0.717) is 17.1 Å². The summed E-state index contributed by atoms with van der Waals surface area (Å²) in [6.45, 7) is 4.91. The van der Waals surface area contributed by atoms with Crippen LogP contribution in [0.25, 0.3) is 0 Å². The summed E-state index contributed by atoms with van der Waals surface area (Å²) in [5, 5.41) is 0. The third-order valence-corrected chi connectivity index (χ3v) is 2.67. The quantitative estimate of drug-likeness (QED) is 0.250. The first-order valence-corrected chi connectivity index (χ1v) is 13.3. The predicted molar refractivity (Wildman–Crippen MR) is 120 cm³/mol. The van der Waals surface area contributed by atoms with Crippen LogP contribution < -0.4 is 9.47 Å². The van der Waals surface area contributed by atoms with Gasteiger partial charge in [-0.2, -0.15) is 0 Å². The van der Waals surface area contributed by atoms with E-state index in [1.807, 2.05) is 19.1 Å². The number of benzene rings is 2. The van der Waals surface area contributed by atoms with Crippen LogP contribution in [0.15, 0.2) is 48.5 Å². The van der Waals surface area contributed by atoms with Gasteiger partial charge in [-0.1, -0.05) is 31.7 Å². The number of esters is 1. The molecule has 0 heterocycles. The molecule has 0 aromatic heterocycles. The fraction of sp³-hybridized carbons (Fsp3) is 0.263.